The van der Waals surface area contributed by atoms with E-state index in [4.69, 9.17) is 31.3 Å². The second kappa shape index (κ2) is 23.7. The Hall–Kier alpha value is -1.47. The number of aliphatic carboxylic acids is 2. The summed E-state index contributed by atoms with van der Waals surface area (Å²) < 4.78 is 0. The van der Waals surface area contributed by atoms with Gasteiger partial charge in [0.05, 0.1) is 0 Å². The molecular weight excluding hydrogens is 420 g/mol. The molecule has 0 fully saturated rings. The predicted octanol–water partition coefficient (Wildman–Crippen LogP) is 6.17. The molecule has 7 heteroatoms. The van der Waals surface area contributed by atoms with Gasteiger partial charge < -0.3 is 21.7 Å². The van der Waals surface area contributed by atoms with E-state index in [0.717, 1.165) is 32.1 Å². The fraction of sp³-hybridized carbons (Fsp3) is 0.885. The lowest BCUT2D eigenvalue weighted by Crippen LogP contribution is -2.56. The minimum Gasteiger partial charge on any atom is -0.473 e. The normalized spacial score (nSPS) is 11.0. The van der Waals surface area contributed by atoms with Crippen molar-refractivity contribution in [3.63, 3.8) is 0 Å². The summed E-state index contributed by atoms with van der Waals surface area (Å²) in [6.07, 6.45) is 24.4. The summed E-state index contributed by atoms with van der Waals surface area (Å²) in [5.74, 6) is -3.60. The lowest BCUT2D eigenvalue weighted by Gasteiger charge is -2.22. The highest BCUT2D eigenvalue weighted by Gasteiger charge is 2.27. The highest BCUT2D eigenvalue weighted by atomic mass is 16.4. The Morgan fingerprint density at radius 2 is 0.848 bits per heavy atom. The monoisotopic (exact) mass is 472 g/mol. The molecule has 0 saturated carbocycles. The lowest BCUT2D eigenvalue weighted by atomic mass is 9.95. The number of ketones is 1. The molecule has 196 valence electrons. The van der Waals surface area contributed by atoms with Crippen molar-refractivity contribution in [1.29, 1.82) is 0 Å². The summed E-state index contributed by atoms with van der Waals surface area (Å²) in [6.45, 7) is 4.42. The Bertz CT molecular complexity index is 483. The summed E-state index contributed by atoms with van der Waals surface area (Å²) >= 11 is 0. The number of unbranched alkanes of at least 4 members (excludes halogenated alkanes) is 16. The van der Waals surface area contributed by atoms with Crippen LogP contribution >= 0.6 is 0 Å². The number of nitrogens with two attached hydrogens (primary N) is 2. The molecule has 33 heavy (non-hydrogen) atoms. The van der Waals surface area contributed by atoms with E-state index in [1.165, 1.54) is 83.5 Å². The molecular formula is C26H52N2O5. The third-order valence-electron chi connectivity index (χ3n) is 5.90. The van der Waals surface area contributed by atoms with Crippen LogP contribution in [0.1, 0.15) is 142 Å². The van der Waals surface area contributed by atoms with Crippen LogP contribution in [0.3, 0.4) is 0 Å². The molecule has 0 aliphatic carbocycles. The largest absolute Gasteiger partial charge is 0.473 e. The van der Waals surface area contributed by atoms with Crippen LogP contribution in [0.4, 0.5) is 0 Å². The molecule has 7 nitrogen and oxygen atoms in total. The van der Waals surface area contributed by atoms with Crippen molar-refractivity contribution in [2.45, 2.75) is 148 Å². The van der Waals surface area contributed by atoms with E-state index in [9.17, 15) is 4.79 Å². The van der Waals surface area contributed by atoms with Crippen LogP contribution in [-0.2, 0) is 14.4 Å². The quantitative estimate of drug-likeness (QED) is 0.0888. The Morgan fingerprint density at radius 1 is 0.545 bits per heavy atom. The number of hydrogen-bond donors (Lipinski definition) is 4. The van der Waals surface area contributed by atoms with Crippen LogP contribution in [0.5, 0.6) is 0 Å². The second-order valence-electron chi connectivity index (χ2n) is 9.23. The molecule has 0 atom stereocenters. The molecule has 0 radical (unpaired) electrons. The van der Waals surface area contributed by atoms with Crippen LogP contribution in [0.15, 0.2) is 0 Å². The van der Waals surface area contributed by atoms with Gasteiger partial charge in [-0.15, -0.1) is 0 Å². The average molecular weight is 473 g/mol. The van der Waals surface area contributed by atoms with Gasteiger partial charge >= 0.3 is 11.9 Å². The van der Waals surface area contributed by atoms with Gasteiger partial charge in [-0.25, -0.2) is 9.59 Å². The molecule has 0 aliphatic heterocycles. The van der Waals surface area contributed by atoms with Crippen molar-refractivity contribution in [3.8, 4) is 0 Å². The van der Waals surface area contributed by atoms with E-state index < -0.39 is 17.6 Å². The molecule has 0 heterocycles. The first kappa shape index (κ1) is 33.7. The van der Waals surface area contributed by atoms with Crippen LogP contribution in [0.25, 0.3) is 0 Å². The molecule has 0 saturated heterocycles. The van der Waals surface area contributed by atoms with Crippen LogP contribution in [0.2, 0.25) is 0 Å². The number of rotatable bonds is 21. The van der Waals surface area contributed by atoms with Gasteiger partial charge in [-0.05, 0) is 19.3 Å². The summed E-state index contributed by atoms with van der Waals surface area (Å²) in [5.41, 5.74) is 10.9. The van der Waals surface area contributed by atoms with Gasteiger partial charge in [0.2, 0.25) is 0 Å². The minimum atomic E-state index is -1.82. The molecule has 0 aromatic heterocycles. The van der Waals surface area contributed by atoms with Crippen molar-refractivity contribution in [2.75, 3.05) is 0 Å². The molecule has 6 N–H and O–H groups in total. The fourth-order valence-electron chi connectivity index (χ4n) is 3.70. The zero-order valence-electron chi connectivity index (χ0n) is 21.4. The Balaban J connectivity index is 0. The Labute approximate surface area is 202 Å². The zero-order chi connectivity index (χ0) is 25.4. The smallest absolute Gasteiger partial charge is 0.414 e. The SMILES string of the molecule is CCCCCCCCCCCCCCCCCC(=O)C(N)(N)CCCCC.O=C(O)C(=O)O. The Kier molecular flexibility index (Phi) is 24.2. The van der Waals surface area contributed by atoms with E-state index in [-0.39, 0.29) is 5.78 Å². The maximum Gasteiger partial charge on any atom is 0.414 e. The van der Waals surface area contributed by atoms with Crippen molar-refractivity contribution >= 4 is 17.7 Å². The first-order valence-corrected chi connectivity index (χ1v) is 13.3. The van der Waals surface area contributed by atoms with Crippen LogP contribution in [0, 0.1) is 0 Å². The van der Waals surface area contributed by atoms with E-state index in [1.807, 2.05) is 0 Å². The predicted molar refractivity (Wildman–Crippen MR) is 135 cm³/mol. The van der Waals surface area contributed by atoms with Gasteiger partial charge in [0.25, 0.3) is 0 Å². The number of hydrogen-bond acceptors (Lipinski definition) is 5. The third-order valence-corrected chi connectivity index (χ3v) is 5.90. The van der Waals surface area contributed by atoms with Crippen LogP contribution < -0.4 is 11.5 Å². The summed E-state index contributed by atoms with van der Waals surface area (Å²) in [6, 6.07) is 0. The van der Waals surface area contributed by atoms with Crippen molar-refractivity contribution in [3.05, 3.63) is 0 Å². The first-order chi connectivity index (χ1) is 15.7. The van der Waals surface area contributed by atoms with E-state index in [2.05, 4.69) is 13.8 Å². The molecule has 0 aromatic carbocycles. The topological polar surface area (TPSA) is 144 Å². The van der Waals surface area contributed by atoms with Gasteiger partial charge in [-0.2, -0.15) is 0 Å². The highest BCUT2D eigenvalue weighted by molar-refractivity contribution is 6.27. The molecule has 0 aromatic rings. The summed E-state index contributed by atoms with van der Waals surface area (Å²) in [5, 5.41) is 14.8. The molecule has 0 unspecified atom stereocenters. The van der Waals surface area contributed by atoms with Crippen molar-refractivity contribution in [1.82, 2.24) is 0 Å². The molecule has 0 bridgehead atoms. The number of carbonyl (C=O) groups is 3. The average Bonchev–Trinajstić information content (AvgIpc) is 2.76. The van der Waals surface area contributed by atoms with Gasteiger partial charge in [-0.3, -0.25) is 4.79 Å². The van der Waals surface area contributed by atoms with Crippen molar-refractivity contribution < 1.29 is 24.6 Å². The second-order valence-corrected chi connectivity index (χ2v) is 9.23. The standard InChI is InChI=1S/C24H50N2O.C2H2O4/c1-3-5-7-8-9-10-11-12-13-14-15-16-17-18-19-21-23(27)24(25,26)22-20-6-4-2;3-1(4)2(5)6/h3-22,25-26H2,1-2H3;(H,3,4)(H,5,6). The first-order valence-electron chi connectivity index (χ1n) is 13.3. The molecule has 0 spiro atoms. The summed E-state index contributed by atoms with van der Waals surface area (Å²) in [4.78, 5) is 30.3. The van der Waals surface area contributed by atoms with E-state index in [1.54, 1.807) is 0 Å². The van der Waals surface area contributed by atoms with Gasteiger partial charge in [0.15, 0.2) is 5.78 Å². The van der Waals surface area contributed by atoms with Gasteiger partial charge in [0.1, 0.15) is 5.66 Å². The highest BCUT2D eigenvalue weighted by Crippen LogP contribution is 2.15. The van der Waals surface area contributed by atoms with Crippen LogP contribution in [-0.4, -0.2) is 33.6 Å². The maximum atomic E-state index is 12.1. The van der Waals surface area contributed by atoms with E-state index >= 15 is 0 Å². The number of Topliss-reactive ketones (excluding diaryl/α,β-unsaturated/α-hetero) is 1. The molecule has 0 aliphatic rings. The molecule has 0 amide bonds. The maximum absolute atomic E-state index is 12.1. The Morgan fingerprint density at radius 3 is 1.18 bits per heavy atom. The van der Waals surface area contributed by atoms with Crippen molar-refractivity contribution in [2.24, 2.45) is 11.5 Å². The summed E-state index contributed by atoms with van der Waals surface area (Å²) in [7, 11) is 0. The number of carboxylic acids is 2. The zero-order valence-corrected chi connectivity index (χ0v) is 21.4. The van der Waals surface area contributed by atoms with E-state index in [0.29, 0.717) is 12.8 Å². The third kappa shape index (κ3) is 25.0. The number of carbonyl (C=O) groups excluding carboxylic acids is 1. The fourth-order valence-corrected chi connectivity index (χ4v) is 3.70. The number of carboxylic acid groups (broad SMARTS) is 2. The lowest BCUT2D eigenvalue weighted by molar-refractivity contribution is -0.159. The van der Waals surface area contributed by atoms with Gasteiger partial charge in [-0.1, -0.05) is 117 Å². The minimum absolute atomic E-state index is 0.0493. The molecule has 0 rings (SSSR count). The van der Waals surface area contributed by atoms with Gasteiger partial charge in [0, 0.05) is 6.42 Å².